The zero-order valence-electron chi connectivity index (χ0n) is 17.1. The number of amides is 1. The number of piperazine rings is 1. The summed E-state index contributed by atoms with van der Waals surface area (Å²) in [5.74, 6) is 0.169. The highest BCUT2D eigenvalue weighted by Gasteiger charge is 2.24. The highest BCUT2D eigenvalue weighted by molar-refractivity contribution is 9.11. The molecule has 1 aromatic heterocycles. The third-order valence-corrected chi connectivity index (χ3v) is 6.79. The Morgan fingerprint density at radius 1 is 1.03 bits per heavy atom. The van der Waals surface area contributed by atoms with Crippen molar-refractivity contribution in [2.45, 2.75) is 12.8 Å². The van der Waals surface area contributed by atoms with E-state index in [0.717, 1.165) is 5.52 Å². The van der Waals surface area contributed by atoms with Crippen LogP contribution in [0.3, 0.4) is 0 Å². The van der Waals surface area contributed by atoms with E-state index in [4.69, 9.17) is 5.73 Å². The Balaban J connectivity index is 1.34. The summed E-state index contributed by atoms with van der Waals surface area (Å²) in [6.07, 6.45) is 0.251. The molecule has 10 heteroatoms. The number of rotatable bonds is 5. The van der Waals surface area contributed by atoms with Crippen LogP contribution in [-0.2, 0) is 4.79 Å². The van der Waals surface area contributed by atoms with Crippen molar-refractivity contribution in [3.8, 4) is 0 Å². The second-order valence-corrected chi connectivity index (χ2v) is 9.26. The van der Waals surface area contributed by atoms with Crippen molar-refractivity contribution in [1.29, 1.82) is 0 Å². The topological polar surface area (TPSA) is 112 Å². The van der Waals surface area contributed by atoms with E-state index in [1.54, 1.807) is 17.0 Å². The standard InChI is InChI=1S/C22H21Br2N5O3/c23-14-11-13(12-15(24)20(14)25)18(30)5-6-19(31)28-7-9-29(10-8-28)21-22(32)27-17-4-2-1-3-16(17)26-21/h1-4,11-12H,5-10,25H2,(H,27,32). The molecule has 1 saturated heterocycles. The van der Waals surface area contributed by atoms with Gasteiger partial charge >= 0.3 is 0 Å². The van der Waals surface area contributed by atoms with Gasteiger partial charge in [0.1, 0.15) is 0 Å². The van der Waals surface area contributed by atoms with Crippen LogP contribution in [0.2, 0.25) is 0 Å². The first-order valence-corrected chi connectivity index (χ1v) is 11.7. The van der Waals surface area contributed by atoms with Gasteiger partial charge in [-0.2, -0.15) is 0 Å². The fourth-order valence-corrected chi connectivity index (χ4v) is 4.86. The van der Waals surface area contributed by atoms with Crippen molar-refractivity contribution in [2.75, 3.05) is 36.8 Å². The van der Waals surface area contributed by atoms with Crippen LogP contribution in [0.25, 0.3) is 11.0 Å². The number of carbonyl (C=O) groups is 2. The Hall–Kier alpha value is -2.72. The smallest absolute Gasteiger partial charge is 0.291 e. The number of fused-ring (bicyclic) bond motifs is 1. The van der Waals surface area contributed by atoms with Crippen LogP contribution in [0.15, 0.2) is 50.1 Å². The van der Waals surface area contributed by atoms with Gasteiger partial charge in [-0.15, -0.1) is 0 Å². The molecular formula is C22H21Br2N5O3. The Labute approximate surface area is 201 Å². The van der Waals surface area contributed by atoms with Gasteiger partial charge in [-0.3, -0.25) is 14.4 Å². The number of aromatic nitrogens is 2. The summed E-state index contributed by atoms with van der Waals surface area (Å²) in [5.41, 5.74) is 8.06. The molecule has 166 valence electrons. The zero-order valence-corrected chi connectivity index (χ0v) is 20.3. The first kappa shape index (κ1) is 22.5. The van der Waals surface area contributed by atoms with Crippen molar-refractivity contribution in [1.82, 2.24) is 14.9 Å². The van der Waals surface area contributed by atoms with Gasteiger partial charge in [0.15, 0.2) is 11.6 Å². The van der Waals surface area contributed by atoms with Crippen molar-refractivity contribution in [3.63, 3.8) is 0 Å². The Morgan fingerprint density at radius 3 is 2.38 bits per heavy atom. The lowest BCUT2D eigenvalue weighted by molar-refractivity contribution is -0.131. The number of hydrogen-bond acceptors (Lipinski definition) is 6. The number of halogens is 2. The Bertz CT molecular complexity index is 1230. The van der Waals surface area contributed by atoms with Crippen LogP contribution in [-0.4, -0.2) is 52.7 Å². The summed E-state index contributed by atoms with van der Waals surface area (Å²) in [5, 5.41) is 0. The van der Waals surface area contributed by atoms with Crippen LogP contribution in [0.5, 0.6) is 0 Å². The molecule has 0 radical (unpaired) electrons. The van der Waals surface area contributed by atoms with Crippen molar-refractivity contribution >= 4 is 66.1 Å². The lowest BCUT2D eigenvalue weighted by Crippen LogP contribution is -2.50. The first-order chi connectivity index (χ1) is 15.3. The van der Waals surface area contributed by atoms with Crippen LogP contribution < -0.4 is 16.2 Å². The summed E-state index contributed by atoms with van der Waals surface area (Å²) in [6, 6.07) is 10.7. The van der Waals surface area contributed by atoms with Crippen molar-refractivity contribution < 1.29 is 9.59 Å². The Kier molecular flexibility index (Phi) is 6.61. The molecule has 1 aliphatic rings. The van der Waals surface area contributed by atoms with Crippen LogP contribution in [0.4, 0.5) is 11.5 Å². The average molecular weight is 563 g/mol. The number of nitrogens with two attached hydrogens (primary N) is 1. The summed E-state index contributed by atoms with van der Waals surface area (Å²) < 4.78 is 1.27. The van der Waals surface area contributed by atoms with E-state index < -0.39 is 0 Å². The lowest BCUT2D eigenvalue weighted by Gasteiger charge is -2.35. The molecule has 2 aromatic carbocycles. The van der Waals surface area contributed by atoms with Crippen LogP contribution >= 0.6 is 31.9 Å². The molecule has 8 nitrogen and oxygen atoms in total. The molecule has 0 atom stereocenters. The lowest BCUT2D eigenvalue weighted by atomic mass is 10.1. The first-order valence-electron chi connectivity index (χ1n) is 10.1. The van der Waals surface area contributed by atoms with Gasteiger partial charge in [-0.1, -0.05) is 12.1 Å². The van der Waals surface area contributed by atoms with Gasteiger partial charge in [0.2, 0.25) is 5.91 Å². The Morgan fingerprint density at radius 2 is 1.69 bits per heavy atom. The minimum absolute atomic E-state index is 0.0769. The molecule has 0 bridgehead atoms. The maximum atomic E-state index is 12.6. The predicted octanol–water partition coefficient (Wildman–Crippen LogP) is 3.34. The number of Topliss-reactive ketones (excluding diaryl/α,β-unsaturated/α-hetero) is 1. The minimum atomic E-state index is -0.241. The van der Waals surface area contributed by atoms with Gasteiger partial charge in [0.25, 0.3) is 5.56 Å². The number of nitrogens with one attached hydrogen (secondary N) is 1. The minimum Gasteiger partial charge on any atom is -0.397 e. The molecule has 3 aromatic rings. The van der Waals surface area contributed by atoms with E-state index >= 15 is 0 Å². The van der Waals surface area contributed by atoms with E-state index in [1.165, 1.54) is 0 Å². The number of aromatic amines is 1. The van der Waals surface area contributed by atoms with E-state index in [9.17, 15) is 14.4 Å². The maximum absolute atomic E-state index is 12.6. The monoisotopic (exact) mass is 561 g/mol. The third-order valence-electron chi connectivity index (χ3n) is 5.48. The van der Waals surface area contributed by atoms with Gasteiger partial charge < -0.3 is 20.5 Å². The molecule has 1 aliphatic heterocycles. The molecule has 1 fully saturated rings. The summed E-state index contributed by atoms with van der Waals surface area (Å²) >= 11 is 6.67. The van der Waals surface area contributed by atoms with Crippen molar-refractivity contribution in [3.05, 3.63) is 61.3 Å². The van der Waals surface area contributed by atoms with Gasteiger partial charge in [-0.25, -0.2) is 4.98 Å². The summed E-state index contributed by atoms with van der Waals surface area (Å²) in [4.78, 5) is 48.6. The molecule has 4 rings (SSSR count). The van der Waals surface area contributed by atoms with E-state index in [0.29, 0.717) is 57.7 Å². The zero-order chi connectivity index (χ0) is 22.8. The number of nitrogens with zero attached hydrogens (tertiary/aromatic N) is 3. The molecule has 0 saturated carbocycles. The predicted molar refractivity (Wildman–Crippen MR) is 131 cm³/mol. The quantitative estimate of drug-likeness (QED) is 0.364. The van der Waals surface area contributed by atoms with E-state index in [-0.39, 0.29) is 30.1 Å². The van der Waals surface area contributed by atoms with Crippen LogP contribution in [0, 0.1) is 0 Å². The molecule has 0 spiro atoms. The average Bonchev–Trinajstić information content (AvgIpc) is 2.80. The molecule has 2 heterocycles. The fourth-order valence-electron chi connectivity index (χ4n) is 3.67. The largest absolute Gasteiger partial charge is 0.397 e. The van der Waals surface area contributed by atoms with Gasteiger partial charge in [0, 0.05) is 53.5 Å². The normalized spacial score (nSPS) is 14.1. The van der Waals surface area contributed by atoms with Crippen LogP contribution in [0.1, 0.15) is 23.2 Å². The van der Waals surface area contributed by atoms with E-state index in [2.05, 4.69) is 41.8 Å². The number of nitrogen functional groups attached to an aromatic ring is 1. The molecule has 1 amide bonds. The number of H-pyrrole nitrogens is 1. The number of para-hydroxylation sites is 2. The SMILES string of the molecule is Nc1c(Br)cc(C(=O)CCC(=O)N2CCN(c3nc4ccccc4[nH]c3=O)CC2)cc1Br. The molecule has 0 unspecified atom stereocenters. The number of hydrogen-bond donors (Lipinski definition) is 2. The fraction of sp³-hybridized carbons (Fsp3) is 0.273. The second-order valence-electron chi connectivity index (χ2n) is 7.55. The molecule has 32 heavy (non-hydrogen) atoms. The molecule has 3 N–H and O–H groups in total. The number of ketones is 1. The highest BCUT2D eigenvalue weighted by atomic mass is 79.9. The summed E-state index contributed by atoms with van der Waals surface area (Å²) in [7, 11) is 0. The second kappa shape index (κ2) is 9.41. The molecular weight excluding hydrogens is 542 g/mol. The number of carbonyl (C=O) groups excluding carboxylic acids is 2. The van der Waals surface area contributed by atoms with E-state index in [1.807, 2.05) is 29.2 Å². The van der Waals surface area contributed by atoms with Crippen molar-refractivity contribution in [2.24, 2.45) is 0 Å². The third kappa shape index (κ3) is 4.71. The maximum Gasteiger partial charge on any atom is 0.291 e. The number of anilines is 2. The molecule has 0 aliphatic carbocycles. The number of benzene rings is 2. The highest BCUT2D eigenvalue weighted by Crippen LogP contribution is 2.30. The van der Waals surface area contributed by atoms with Gasteiger partial charge in [0.05, 0.1) is 16.7 Å². The summed E-state index contributed by atoms with van der Waals surface area (Å²) in [6.45, 7) is 1.96. The van der Waals surface area contributed by atoms with Gasteiger partial charge in [-0.05, 0) is 56.1 Å².